The molecule has 2 atom stereocenters. The van der Waals surface area contributed by atoms with Crippen LogP contribution in [0.15, 0.2) is 0 Å². The number of hydrogen-bond acceptors (Lipinski definition) is 9. The number of esters is 2. The van der Waals surface area contributed by atoms with Crippen molar-refractivity contribution in [1.82, 2.24) is 16.0 Å². The maximum atomic E-state index is 12.2. The Morgan fingerprint density at radius 3 is 2.30 bits per heavy atom. The number of ether oxygens (including phenoxy) is 2. The largest absolute Gasteiger partial charge is 0.468 e. The third-order valence-corrected chi connectivity index (χ3v) is 4.08. The fourth-order valence-electron chi connectivity index (χ4n) is 1.71. The van der Waals surface area contributed by atoms with Crippen molar-refractivity contribution < 1.29 is 33.4 Å². The highest BCUT2D eigenvalue weighted by Crippen LogP contribution is 2.06. The lowest BCUT2D eigenvalue weighted by atomic mass is 10.1. The highest BCUT2D eigenvalue weighted by atomic mass is 32.2. The zero-order valence-corrected chi connectivity index (χ0v) is 16.4. The van der Waals surface area contributed by atoms with Gasteiger partial charge in [-0.3, -0.25) is 24.0 Å². The van der Waals surface area contributed by atoms with E-state index in [4.69, 9.17) is 5.73 Å². The Kier molecular flexibility index (Phi) is 12.6. The van der Waals surface area contributed by atoms with Crippen molar-refractivity contribution in [2.24, 2.45) is 5.73 Å². The van der Waals surface area contributed by atoms with E-state index in [9.17, 15) is 24.0 Å². The predicted molar refractivity (Wildman–Crippen MR) is 97.7 cm³/mol. The van der Waals surface area contributed by atoms with Gasteiger partial charge in [0, 0.05) is 18.7 Å². The van der Waals surface area contributed by atoms with Crippen molar-refractivity contribution in [3.8, 4) is 0 Å². The normalized spacial score (nSPS) is 12.3. The van der Waals surface area contributed by atoms with Crippen molar-refractivity contribution in [3.05, 3.63) is 0 Å². The molecule has 0 aromatic carbocycles. The Morgan fingerprint density at radius 2 is 1.74 bits per heavy atom. The molecule has 0 aliphatic heterocycles. The SMILES string of the molecule is CCNC(=O)SC[C@H](NC(=O)CC[C@H](N)C(=O)OC)C(=O)NCC(=O)OC. The summed E-state index contributed by atoms with van der Waals surface area (Å²) in [6, 6.07) is -2.03. The lowest BCUT2D eigenvalue weighted by molar-refractivity contribution is -0.142. The summed E-state index contributed by atoms with van der Waals surface area (Å²) in [5.74, 6) is -2.55. The molecule has 0 rings (SSSR count). The van der Waals surface area contributed by atoms with Crippen LogP contribution in [0, 0.1) is 0 Å². The van der Waals surface area contributed by atoms with Gasteiger partial charge in [0.25, 0.3) is 5.24 Å². The van der Waals surface area contributed by atoms with E-state index in [1.807, 2.05) is 0 Å². The van der Waals surface area contributed by atoms with E-state index in [0.29, 0.717) is 6.54 Å². The summed E-state index contributed by atoms with van der Waals surface area (Å²) in [6.45, 7) is 1.79. The van der Waals surface area contributed by atoms with Crippen LogP contribution in [0.4, 0.5) is 4.79 Å². The monoisotopic (exact) mass is 406 g/mol. The summed E-state index contributed by atoms with van der Waals surface area (Å²) >= 11 is 0.812. The molecular weight excluding hydrogens is 380 g/mol. The molecule has 154 valence electrons. The maximum Gasteiger partial charge on any atom is 0.325 e. The predicted octanol–water partition coefficient (Wildman–Crippen LogP) is -1.50. The van der Waals surface area contributed by atoms with Gasteiger partial charge in [0.2, 0.25) is 11.8 Å². The summed E-state index contributed by atoms with van der Waals surface area (Å²) in [7, 11) is 2.35. The van der Waals surface area contributed by atoms with Crippen LogP contribution < -0.4 is 21.7 Å². The molecule has 0 aromatic rings. The molecule has 12 heteroatoms. The van der Waals surface area contributed by atoms with E-state index in [1.165, 1.54) is 14.2 Å². The van der Waals surface area contributed by atoms with Crippen molar-refractivity contribution in [2.45, 2.75) is 31.8 Å². The molecule has 0 heterocycles. The first-order valence-corrected chi connectivity index (χ1v) is 9.11. The topological polar surface area (TPSA) is 166 Å². The number of rotatable bonds is 11. The van der Waals surface area contributed by atoms with Crippen LogP contribution in [-0.2, 0) is 28.7 Å². The molecule has 3 amide bonds. The minimum atomic E-state index is -1.07. The van der Waals surface area contributed by atoms with Gasteiger partial charge in [-0.15, -0.1) is 0 Å². The summed E-state index contributed by atoms with van der Waals surface area (Å²) < 4.78 is 8.89. The molecule has 0 aromatic heterocycles. The number of nitrogens with one attached hydrogen (secondary N) is 3. The van der Waals surface area contributed by atoms with Gasteiger partial charge in [0.1, 0.15) is 18.6 Å². The van der Waals surface area contributed by atoms with Gasteiger partial charge in [0.15, 0.2) is 0 Å². The molecule has 0 bridgehead atoms. The van der Waals surface area contributed by atoms with Crippen LogP contribution in [0.25, 0.3) is 0 Å². The van der Waals surface area contributed by atoms with Crippen molar-refractivity contribution >= 4 is 40.8 Å². The first kappa shape index (κ1) is 24.7. The summed E-state index contributed by atoms with van der Waals surface area (Å²) in [4.78, 5) is 58.1. The molecule has 0 unspecified atom stereocenters. The van der Waals surface area contributed by atoms with Crippen LogP contribution in [0.2, 0.25) is 0 Å². The van der Waals surface area contributed by atoms with E-state index in [1.54, 1.807) is 6.92 Å². The fraction of sp³-hybridized carbons (Fsp3) is 0.667. The molecule has 0 spiro atoms. The van der Waals surface area contributed by atoms with Gasteiger partial charge in [-0.2, -0.15) is 0 Å². The van der Waals surface area contributed by atoms with Crippen molar-refractivity contribution in [1.29, 1.82) is 0 Å². The Hall–Kier alpha value is -2.34. The second kappa shape index (κ2) is 13.8. The average Bonchev–Trinajstić information content (AvgIpc) is 2.66. The highest BCUT2D eigenvalue weighted by Gasteiger charge is 2.24. The Labute approximate surface area is 161 Å². The number of methoxy groups -OCH3 is 2. The first-order chi connectivity index (χ1) is 12.7. The molecule has 11 nitrogen and oxygen atoms in total. The number of amides is 3. The molecule has 0 fully saturated rings. The number of carbonyl (C=O) groups is 5. The molecule has 0 saturated heterocycles. The van der Waals surface area contributed by atoms with Crippen LogP contribution in [-0.4, -0.2) is 74.1 Å². The molecule has 0 aliphatic carbocycles. The molecule has 27 heavy (non-hydrogen) atoms. The summed E-state index contributed by atoms with van der Waals surface area (Å²) in [5, 5.41) is 6.96. The molecule has 0 aliphatic rings. The second-order valence-corrected chi connectivity index (χ2v) is 6.20. The van der Waals surface area contributed by atoms with Gasteiger partial charge in [-0.1, -0.05) is 11.8 Å². The Balaban J connectivity index is 4.73. The molecular formula is C15H26N4O7S. The third-order valence-electron chi connectivity index (χ3n) is 3.17. The fourth-order valence-corrected chi connectivity index (χ4v) is 2.51. The summed E-state index contributed by atoms with van der Waals surface area (Å²) in [6.07, 6.45) is -0.0959. The van der Waals surface area contributed by atoms with Crippen LogP contribution >= 0.6 is 11.8 Å². The van der Waals surface area contributed by atoms with Gasteiger partial charge in [-0.05, 0) is 13.3 Å². The summed E-state index contributed by atoms with van der Waals surface area (Å²) in [5.41, 5.74) is 5.55. The quantitative estimate of drug-likeness (QED) is 0.299. The highest BCUT2D eigenvalue weighted by molar-refractivity contribution is 8.13. The van der Waals surface area contributed by atoms with Gasteiger partial charge in [0.05, 0.1) is 14.2 Å². The van der Waals surface area contributed by atoms with Crippen molar-refractivity contribution in [2.75, 3.05) is 33.1 Å². The number of hydrogen-bond donors (Lipinski definition) is 4. The minimum absolute atomic E-state index is 0.0263. The van der Waals surface area contributed by atoms with Gasteiger partial charge >= 0.3 is 11.9 Å². The zero-order valence-electron chi connectivity index (χ0n) is 15.5. The number of nitrogens with two attached hydrogens (primary N) is 1. The number of carbonyl (C=O) groups excluding carboxylic acids is 5. The molecule has 0 radical (unpaired) electrons. The standard InChI is InChI=1S/C15H26N4O7S/c1-4-17-15(24)27-8-10(13(22)18-7-12(21)25-2)19-11(20)6-5-9(16)14(23)26-3/h9-10H,4-8,16H2,1-3H3,(H,17,24)(H,18,22)(H,19,20)/t9-,10-/m0/s1. The first-order valence-electron chi connectivity index (χ1n) is 8.13. The Morgan fingerprint density at radius 1 is 1.07 bits per heavy atom. The third kappa shape index (κ3) is 11.1. The zero-order chi connectivity index (χ0) is 20.8. The van der Waals surface area contributed by atoms with Crippen LogP contribution in [0.3, 0.4) is 0 Å². The van der Waals surface area contributed by atoms with Crippen LogP contribution in [0.1, 0.15) is 19.8 Å². The average molecular weight is 406 g/mol. The lowest BCUT2D eigenvalue weighted by Gasteiger charge is -2.18. The van der Waals surface area contributed by atoms with E-state index in [0.717, 1.165) is 11.8 Å². The smallest absolute Gasteiger partial charge is 0.325 e. The second-order valence-electron chi connectivity index (χ2n) is 5.21. The van der Waals surface area contributed by atoms with Crippen LogP contribution in [0.5, 0.6) is 0 Å². The Bertz CT molecular complexity index is 544. The lowest BCUT2D eigenvalue weighted by Crippen LogP contribution is -2.50. The van der Waals surface area contributed by atoms with E-state index < -0.39 is 35.8 Å². The number of thioether (sulfide) groups is 1. The van der Waals surface area contributed by atoms with E-state index in [-0.39, 0.29) is 30.4 Å². The molecule has 0 saturated carbocycles. The van der Waals surface area contributed by atoms with Gasteiger partial charge in [-0.25, -0.2) is 0 Å². The molecule has 5 N–H and O–H groups in total. The maximum absolute atomic E-state index is 12.2. The minimum Gasteiger partial charge on any atom is -0.468 e. The van der Waals surface area contributed by atoms with Gasteiger partial charge < -0.3 is 31.2 Å². The van der Waals surface area contributed by atoms with Crippen molar-refractivity contribution in [3.63, 3.8) is 0 Å². The van der Waals surface area contributed by atoms with E-state index >= 15 is 0 Å². The van der Waals surface area contributed by atoms with E-state index in [2.05, 4.69) is 25.4 Å².